The molecule has 2 aromatic rings. The third-order valence-corrected chi connectivity index (χ3v) is 4.72. The van der Waals surface area contributed by atoms with Gasteiger partial charge in [-0.3, -0.25) is 0 Å². The summed E-state index contributed by atoms with van der Waals surface area (Å²) in [5, 5.41) is 1.21. The van der Waals surface area contributed by atoms with Crippen molar-refractivity contribution in [2.24, 2.45) is 11.7 Å². The fraction of sp³-hybridized carbons (Fsp3) is 0.500. The number of nitrogens with two attached hydrogens (primary N) is 1. The van der Waals surface area contributed by atoms with Gasteiger partial charge in [0.15, 0.2) is 0 Å². The number of carbonyl (C=O) groups excluding carboxylic acids is 1. The number of para-hydroxylation sites is 1. The van der Waals surface area contributed by atoms with Gasteiger partial charge in [-0.2, -0.15) is 0 Å². The number of ether oxygens (including phenoxy) is 1. The van der Waals surface area contributed by atoms with E-state index in [1.807, 2.05) is 12.1 Å². The molecule has 0 spiro atoms. The van der Waals surface area contributed by atoms with Gasteiger partial charge >= 0.3 is 5.97 Å². The maximum Gasteiger partial charge on any atom is 0.340 e. The molecular formula is C18H24N2O2. The molecule has 3 rings (SSSR count). The molecule has 0 aliphatic heterocycles. The standard InChI is InChI=1S/C18H24N2O2/c1-12-7-8-16-15(11-12)13-5-3-6-14(18(21)22-2)17(13)20(16)10-4-9-19/h3,5-6,12H,4,7-11,19H2,1-2H3. The van der Waals surface area contributed by atoms with E-state index in [2.05, 4.69) is 17.6 Å². The van der Waals surface area contributed by atoms with Crippen molar-refractivity contribution in [3.63, 3.8) is 0 Å². The molecule has 1 atom stereocenters. The van der Waals surface area contributed by atoms with Crippen LogP contribution in [0.1, 0.15) is 41.4 Å². The summed E-state index contributed by atoms with van der Waals surface area (Å²) in [5.74, 6) is 0.435. The lowest BCUT2D eigenvalue weighted by molar-refractivity contribution is 0.0602. The third-order valence-electron chi connectivity index (χ3n) is 4.72. The zero-order valence-electron chi connectivity index (χ0n) is 13.4. The van der Waals surface area contributed by atoms with Gasteiger partial charge in [0.2, 0.25) is 0 Å². The van der Waals surface area contributed by atoms with E-state index in [0.717, 1.165) is 31.3 Å². The minimum atomic E-state index is -0.262. The van der Waals surface area contributed by atoms with Gasteiger partial charge in [-0.15, -0.1) is 0 Å². The van der Waals surface area contributed by atoms with E-state index >= 15 is 0 Å². The third kappa shape index (κ3) is 2.41. The Morgan fingerprint density at radius 1 is 1.45 bits per heavy atom. The van der Waals surface area contributed by atoms with Crippen molar-refractivity contribution >= 4 is 16.9 Å². The normalized spacial score (nSPS) is 17.5. The molecule has 118 valence electrons. The van der Waals surface area contributed by atoms with Crippen LogP contribution in [0, 0.1) is 5.92 Å². The number of fused-ring (bicyclic) bond motifs is 3. The number of benzene rings is 1. The number of hydrogen-bond acceptors (Lipinski definition) is 3. The molecule has 0 radical (unpaired) electrons. The van der Waals surface area contributed by atoms with Gasteiger partial charge in [-0.25, -0.2) is 4.79 Å². The Hall–Kier alpha value is -1.81. The van der Waals surface area contributed by atoms with Gasteiger partial charge in [-0.05, 0) is 49.8 Å². The van der Waals surface area contributed by atoms with E-state index in [4.69, 9.17) is 10.5 Å². The van der Waals surface area contributed by atoms with E-state index in [0.29, 0.717) is 18.0 Å². The van der Waals surface area contributed by atoms with Crippen molar-refractivity contribution in [2.45, 2.75) is 39.2 Å². The minimum absolute atomic E-state index is 0.262. The Balaban J connectivity index is 2.25. The second-order valence-electron chi connectivity index (χ2n) is 6.26. The van der Waals surface area contributed by atoms with E-state index in [9.17, 15) is 4.79 Å². The van der Waals surface area contributed by atoms with Crippen LogP contribution in [0.3, 0.4) is 0 Å². The van der Waals surface area contributed by atoms with Crippen LogP contribution < -0.4 is 5.73 Å². The number of rotatable bonds is 4. The van der Waals surface area contributed by atoms with Crippen molar-refractivity contribution in [1.29, 1.82) is 0 Å². The summed E-state index contributed by atoms with van der Waals surface area (Å²) in [4.78, 5) is 12.2. The lowest BCUT2D eigenvalue weighted by Crippen LogP contribution is -2.15. The smallest absolute Gasteiger partial charge is 0.340 e. The maximum atomic E-state index is 12.2. The molecule has 1 aliphatic carbocycles. The Labute approximate surface area is 131 Å². The summed E-state index contributed by atoms with van der Waals surface area (Å²) in [6.07, 6.45) is 4.29. The molecule has 4 nitrogen and oxygen atoms in total. The highest BCUT2D eigenvalue weighted by atomic mass is 16.5. The fourth-order valence-corrected chi connectivity index (χ4v) is 3.65. The van der Waals surface area contributed by atoms with Crippen LogP contribution in [0.4, 0.5) is 0 Å². The molecule has 22 heavy (non-hydrogen) atoms. The van der Waals surface area contributed by atoms with Crippen LogP contribution in [-0.4, -0.2) is 24.2 Å². The van der Waals surface area contributed by atoms with Crippen LogP contribution in [0.5, 0.6) is 0 Å². The lowest BCUT2D eigenvalue weighted by Gasteiger charge is -2.21. The molecule has 0 bridgehead atoms. The molecule has 1 unspecified atom stereocenters. The summed E-state index contributed by atoms with van der Waals surface area (Å²) in [6, 6.07) is 5.96. The fourth-order valence-electron chi connectivity index (χ4n) is 3.65. The summed E-state index contributed by atoms with van der Waals surface area (Å²) < 4.78 is 7.30. The van der Waals surface area contributed by atoms with Crippen molar-refractivity contribution in [2.75, 3.05) is 13.7 Å². The SMILES string of the molecule is COC(=O)c1cccc2c3c(n(CCCN)c12)CCC(C)C3. The number of methoxy groups -OCH3 is 1. The van der Waals surface area contributed by atoms with Crippen LogP contribution in [0.25, 0.3) is 10.9 Å². The molecule has 2 N–H and O–H groups in total. The first-order valence-corrected chi connectivity index (χ1v) is 8.08. The second-order valence-corrected chi connectivity index (χ2v) is 6.26. The van der Waals surface area contributed by atoms with E-state index in [-0.39, 0.29) is 5.97 Å². The Bertz CT molecular complexity index is 703. The first-order chi connectivity index (χ1) is 10.7. The first kappa shape index (κ1) is 15.1. The lowest BCUT2D eigenvalue weighted by atomic mass is 9.87. The highest BCUT2D eigenvalue weighted by molar-refractivity contribution is 6.04. The average molecular weight is 300 g/mol. The van der Waals surface area contributed by atoms with E-state index in [1.165, 1.54) is 30.2 Å². The Morgan fingerprint density at radius 3 is 3.00 bits per heavy atom. The van der Waals surface area contributed by atoms with Gasteiger partial charge in [0.1, 0.15) is 0 Å². The van der Waals surface area contributed by atoms with Gasteiger partial charge in [0.25, 0.3) is 0 Å². The van der Waals surface area contributed by atoms with E-state index < -0.39 is 0 Å². The maximum absolute atomic E-state index is 12.2. The molecule has 1 aromatic heterocycles. The second kappa shape index (κ2) is 6.13. The molecule has 1 aliphatic rings. The quantitative estimate of drug-likeness (QED) is 0.883. The predicted molar refractivity (Wildman–Crippen MR) is 88.1 cm³/mol. The molecule has 1 aromatic carbocycles. The van der Waals surface area contributed by atoms with Crippen molar-refractivity contribution in [3.05, 3.63) is 35.0 Å². The van der Waals surface area contributed by atoms with Crippen LogP contribution in [-0.2, 0) is 24.1 Å². The largest absolute Gasteiger partial charge is 0.465 e. The summed E-state index contributed by atoms with van der Waals surface area (Å²) in [6.45, 7) is 3.83. The molecule has 4 heteroatoms. The number of nitrogens with zero attached hydrogens (tertiary/aromatic N) is 1. The predicted octanol–water partition coefficient (Wildman–Crippen LogP) is 2.90. The van der Waals surface area contributed by atoms with E-state index in [1.54, 1.807) is 0 Å². The summed E-state index contributed by atoms with van der Waals surface area (Å²) >= 11 is 0. The van der Waals surface area contributed by atoms with Crippen molar-refractivity contribution in [1.82, 2.24) is 4.57 Å². The molecule has 0 fully saturated rings. The minimum Gasteiger partial charge on any atom is -0.465 e. The molecule has 0 saturated heterocycles. The zero-order chi connectivity index (χ0) is 15.7. The van der Waals surface area contributed by atoms with Crippen LogP contribution >= 0.6 is 0 Å². The molecular weight excluding hydrogens is 276 g/mol. The first-order valence-electron chi connectivity index (χ1n) is 8.08. The number of aromatic nitrogens is 1. The Kier molecular flexibility index (Phi) is 4.21. The highest BCUT2D eigenvalue weighted by Crippen LogP contribution is 2.36. The van der Waals surface area contributed by atoms with Crippen LogP contribution in [0.15, 0.2) is 18.2 Å². The van der Waals surface area contributed by atoms with Gasteiger partial charge < -0.3 is 15.0 Å². The number of hydrogen-bond donors (Lipinski definition) is 1. The van der Waals surface area contributed by atoms with Gasteiger partial charge in [-0.1, -0.05) is 19.1 Å². The molecule has 0 saturated carbocycles. The molecule has 0 amide bonds. The summed E-state index contributed by atoms with van der Waals surface area (Å²) in [7, 11) is 1.44. The van der Waals surface area contributed by atoms with Crippen molar-refractivity contribution < 1.29 is 9.53 Å². The van der Waals surface area contributed by atoms with Gasteiger partial charge in [0.05, 0.1) is 18.2 Å². The summed E-state index contributed by atoms with van der Waals surface area (Å²) in [5.41, 5.74) is 10.2. The van der Waals surface area contributed by atoms with Crippen molar-refractivity contribution in [3.8, 4) is 0 Å². The average Bonchev–Trinajstić information content (AvgIpc) is 2.85. The zero-order valence-corrected chi connectivity index (χ0v) is 13.4. The Morgan fingerprint density at radius 2 is 2.27 bits per heavy atom. The highest BCUT2D eigenvalue weighted by Gasteiger charge is 2.25. The van der Waals surface area contributed by atoms with Gasteiger partial charge in [0, 0.05) is 17.6 Å². The number of carbonyl (C=O) groups is 1. The van der Waals surface area contributed by atoms with Crippen LogP contribution in [0.2, 0.25) is 0 Å². The monoisotopic (exact) mass is 300 g/mol. The number of esters is 1. The molecule has 1 heterocycles. The number of aryl methyl sites for hydroxylation is 1. The topological polar surface area (TPSA) is 57.2 Å².